The van der Waals surface area contributed by atoms with E-state index in [2.05, 4.69) is 116 Å². The molecule has 0 N–H and O–H groups in total. The fraction of sp³-hybridized carbons (Fsp3) is 0.121. The van der Waals surface area contributed by atoms with Crippen LogP contribution in [0, 0.1) is 6.92 Å². The largest absolute Gasteiger partial charge is 1.00 e. The molecule has 0 saturated carbocycles. The molecule has 0 fully saturated rings. The molecular formula is C33H25Cl2Zr. The first-order valence-electron chi connectivity index (χ1n) is 12.2. The molecular weight excluding hydrogens is 558 g/mol. The van der Waals surface area contributed by atoms with Crippen molar-refractivity contribution < 1.29 is 48.0 Å². The van der Waals surface area contributed by atoms with Crippen molar-refractivity contribution in [1.29, 1.82) is 0 Å². The van der Waals surface area contributed by atoms with E-state index in [1.54, 1.807) is 16.7 Å². The van der Waals surface area contributed by atoms with Crippen LogP contribution in [0.1, 0.15) is 60.0 Å². The van der Waals surface area contributed by atoms with Crippen molar-refractivity contribution >= 4 is 12.2 Å². The van der Waals surface area contributed by atoms with Crippen molar-refractivity contribution in [2.45, 2.75) is 19.6 Å². The molecule has 0 aliphatic heterocycles. The zero-order valence-electron chi connectivity index (χ0n) is 19.8. The second-order valence-corrected chi connectivity index (χ2v) is 13.1. The van der Waals surface area contributed by atoms with Gasteiger partial charge in [0.2, 0.25) is 0 Å². The quantitative estimate of drug-likeness (QED) is 0.347. The molecule has 0 saturated heterocycles. The molecule has 3 heteroatoms. The maximum Gasteiger partial charge on any atom is -1.00 e. The summed E-state index contributed by atoms with van der Waals surface area (Å²) in [6.07, 6.45) is 9.51. The minimum absolute atomic E-state index is 0. The average Bonchev–Trinajstić information content (AvgIpc) is 3.58. The maximum absolute atomic E-state index is 4.34. The number of halogens is 2. The fourth-order valence-electron chi connectivity index (χ4n) is 6.35. The Morgan fingerprint density at radius 2 is 1.14 bits per heavy atom. The summed E-state index contributed by atoms with van der Waals surface area (Å²) in [6, 6.07) is 31.9. The van der Waals surface area contributed by atoms with Crippen molar-refractivity contribution in [1.82, 2.24) is 0 Å². The SMILES string of the molecule is [CH2][CH2][Zr+2][CH]1c2ccccc2-c2ccc(C3C=Cc4ccccc43)c(C3C=Cc4ccccc43)c21.[Cl-].[Cl-]. The zero-order chi connectivity index (χ0) is 22.6. The number of fused-ring (bicyclic) bond motifs is 5. The van der Waals surface area contributed by atoms with Gasteiger partial charge in [-0.25, -0.2) is 0 Å². The van der Waals surface area contributed by atoms with Crippen LogP contribution in [0.3, 0.4) is 0 Å². The smallest absolute Gasteiger partial charge is 1.00 e. The number of benzene rings is 4. The molecule has 1 radical (unpaired) electrons. The molecule has 3 unspecified atom stereocenters. The fourth-order valence-corrected chi connectivity index (χ4v) is 9.48. The van der Waals surface area contributed by atoms with Gasteiger partial charge in [0.05, 0.1) is 0 Å². The van der Waals surface area contributed by atoms with Crippen LogP contribution >= 0.6 is 0 Å². The van der Waals surface area contributed by atoms with E-state index in [1.165, 1.54) is 38.9 Å². The minimum Gasteiger partial charge on any atom is -1.00 e. The molecule has 3 aliphatic carbocycles. The van der Waals surface area contributed by atoms with E-state index in [4.69, 9.17) is 0 Å². The Balaban J connectivity index is 0.00000133. The molecule has 4 aromatic carbocycles. The Morgan fingerprint density at radius 1 is 0.556 bits per heavy atom. The monoisotopic (exact) mass is 581 g/mol. The zero-order valence-corrected chi connectivity index (χ0v) is 23.8. The van der Waals surface area contributed by atoms with E-state index in [9.17, 15) is 0 Å². The summed E-state index contributed by atoms with van der Waals surface area (Å²) in [7, 11) is 0. The van der Waals surface area contributed by atoms with E-state index in [1.807, 2.05) is 0 Å². The van der Waals surface area contributed by atoms with Gasteiger partial charge in [0.25, 0.3) is 0 Å². The van der Waals surface area contributed by atoms with Crippen LogP contribution < -0.4 is 24.8 Å². The van der Waals surface area contributed by atoms with Crippen LogP contribution in [0.25, 0.3) is 23.3 Å². The van der Waals surface area contributed by atoms with Gasteiger partial charge in [0.1, 0.15) is 0 Å². The summed E-state index contributed by atoms with van der Waals surface area (Å²) in [4.78, 5) is 0. The molecule has 0 heterocycles. The van der Waals surface area contributed by atoms with Gasteiger partial charge in [-0.3, -0.25) is 0 Å². The first kappa shape index (κ1) is 25.5. The number of hydrogen-bond acceptors (Lipinski definition) is 0. The molecule has 36 heavy (non-hydrogen) atoms. The van der Waals surface area contributed by atoms with Gasteiger partial charge < -0.3 is 24.8 Å². The van der Waals surface area contributed by atoms with E-state index >= 15 is 0 Å². The van der Waals surface area contributed by atoms with Crippen molar-refractivity contribution in [2.24, 2.45) is 0 Å². The molecule has 175 valence electrons. The molecule has 0 spiro atoms. The Hall–Kier alpha value is -2.18. The molecule has 3 aliphatic rings. The van der Waals surface area contributed by atoms with E-state index in [-0.39, 0.29) is 24.8 Å². The van der Waals surface area contributed by atoms with Gasteiger partial charge in [0.15, 0.2) is 0 Å². The number of hydrogen-bond donors (Lipinski definition) is 0. The molecule has 4 aromatic rings. The van der Waals surface area contributed by atoms with E-state index < -0.39 is 23.2 Å². The van der Waals surface area contributed by atoms with E-state index in [0.717, 1.165) is 4.13 Å². The standard InChI is InChI=1S/C31H21.C2H4.2ClH.Zr/c1-4-10-23-20(7-1)13-15-26(23)29-18-17-27-25-12-6-3-9-22(25)19-30(27)31(29)28-16-14-21-8-2-5-11-24(21)28;1-2;;;/h1-19,26,28H;1-2H2;2*1H;/q;;;;+2/p-2. The number of rotatable bonds is 4. The minimum atomic E-state index is -0.723. The second-order valence-electron chi connectivity index (χ2n) is 9.44. The predicted octanol–water partition coefficient (Wildman–Crippen LogP) is 2.42. The summed E-state index contributed by atoms with van der Waals surface area (Å²) in [5, 5.41) is 0. The normalized spacial score (nSPS) is 19.4. The van der Waals surface area contributed by atoms with Crippen LogP contribution in [0.5, 0.6) is 0 Å². The summed E-state index contributed by atoms with van der Waals surface area (Å²) >= 11 is -0.723. The third-order valence-corrected chi connectivity index (χ3v) is 11.0. The third-order valence-electron chi connectivity index (χ3n) is 7.76. The Labute approximate surface area is 237 Å². The summed E-state index contributed by atoms with van der Waals surface area (Å²) in [5.41, 5.74) is 14.7. The van der Waals surface area contributed by atoms with Crippen molar-refractivity contribution in [3.05, 3.63) is 149 Å². The molecule has 0 amide bonds. The molecule has 0 nitrogen and oxygen atoms in total. The first-order valence-corrected chi connectivity index (χ1v) is 15.3. The van der Waals surface area contributed by atoms with Crippen molar-refractivity contribution in [3.63, 3.8) is 0 Å². The Morgan fingerprint density at radius 3 is 1.83 bits per heavy atom. The predicted molar refractivity (Wildman–Crippen MR) is 139 cm³/mol. The third kappa shape index (κ3) is 3.83. The molecule has 7 rings (SSSR count). The van der Waals surface area contributed by atoms with Crippen LogP contribution in [0.4, 0.5) is 0 Å². The van der Waals surface area contributed by atoms with Gasteiger partial charge in [-0.15, -0.1) is 0 Å². The van der Waals surface area contributed by atoms with E-state index in [0.29, 0.717) is 15.5 Å². The van der Waals surface area contributed by atoms with Crippen LogP contribution in [0.15, 0.2) is 97.1 Å². The van der Waals surface area contributed by atoms with Gasteiger partial charge in [-0.2, -0.15) is 0 Å². The first-order chi connectivity index (χ1) is 16.8. The van der Waals surface area contributed by atoms with Crippen LogP contribution in [-0.4, -0.2) is 0 Å². The molecule has 0 aromatic heterocycles. The summed E-state index contributed by atoms with van der Waals surface area (Å²) in [5.74, 6) is 0.621. The average molecular weight is 584 g/mol. The second kappa shape index (κ2) is 10.3. The summed E-state index contributed by atoms with van der Waals surface area (Å²) in [6.45, 7) is 4.34. The Kier molecular flexibility index (Phi) is 7.28. The Bertz CT molecular complexity index is 1500. The van der Waals surface area contributed by atoms with Gasteiger partial charge in [0, 0.05) is 0 Å². The van der Waals surface area contributed by atoms with Gasteiger partial charge in [-0.05, 0) is 0 Å². The van der Waals surface area contributed by atoms with Gasteiger partial charge >= 0.3 is 215 Å². The van der Waals surface area contributed by atoms with Crippen molar-refractivity contribution in [2.75, 3.05) is 0 Å². The summed E-state index contributed by atoms with van der Waals surface area (Å²) < 4.78 is 1.68. The maximum atomic E-state index is 4.34. The van der Waals surface area contributed by atoms with Crippen LogP contribution in [-0.2, 0) is 23.2 Å². The topological polar surface area (TPSA) is 0 Å². The molecule has 0 bridgehead atoms. The van der Waals surface area contributed by atoms with Crippen LogP contribution in [0.2, 0.25) is 4.13 Å². The number of allylic oxidation sites excluding steroid dienone is 2. The van der Waals surface area contributed by atoms with Gasteiger partial charge in [-0.1, -0.05) is 0 Å². The molecule has 3 atom stereocenters. The van der Waals surface area contributed by atoms with Crippen molar-refractivity contribution in [3.8, 4) is 11.1 Å².